The number of hydrogen-bond acceptors (Lipinski definition) is 5. The molecule has 0 aliphatic carbocycles. The average Bonchev–Trinajstić information content (AvgIpc) is 3.02. The van der Waals surface area contributed by atoms with Crippen molar-refractivity contribution in [1.82, 2.24) is 19.2 Å². The highest BCUT2D eigenvalue weighted by Crippen LogP contribution is 2.27. The first-order chi connectivity index (χ1) is 11.4. The van der Waals surface area contributed by atoms with E-state index in [9.17, 15) is 8.42 Å². The molecular weight excluding hydrogens is 344 g/mol. The number of benzene rings is 1. The van der Waals surface area contributed by atoms with Crippen molar-refractivity contribution in [2.75, 3.05) is 18.6 Å². The molecule has 2 aromatic rings. The number of hydrogen-bond donors (Lipinski definition) is 0. The van der Waals surface area contributed by atoms with Crippen LogP contribution in [-0.2, 0) is 30.1 Å². The highest BCUT2D eigenvalue weighted by atomic mass is 32.2. The Bertz CT molecular complexity index is 871. The third-order valence-corrected chi connectivity index (χ3v) is 6.60. The molecule has 1 aromatic heterocycles. The fourth-order valence-corrected chi connectivity index (χ4v) is 5.06. The van der Waals surface area contributed by atoms with Gasteiger partial charge in [-0.25, -0.2) is 13.1 Å². The minimum Gasteiger partial charge on any atom is -0.307 e. The Hall–Kier alpha value is -1.51. The van der Waals surface area contributed by atoms with Gasteiger partial charge in [-0.15, -0.1) is 0 Å². The summed E-state index contributed by atoms with van der Waals surface area (Å²) in [5.74, 6) is 1.13. The van der Waals surface area contributed by atoms with E-state index in [0.29, 0.717) is 17.9 Å². The summed E-state index contributed by atoms with van der Waals surface area (Å²) in [5, 5.41) is 4.61. The van der Waals surface area contributed by atoms with Gasteiger partial charge in [0.15, 0.2) is 14.6 Å². The fraction of sp³-hybridized carbons (Fsp3) is 0.500. The maximum Gasteiger partial charge on any atom is 0.198 e. The van der Waals surface area contributed by atoms with Crippen LogP contribution in [-0.4, -0.2) is 46.2 Å². The van der Waals surface area contributed by atoms with Crippen LogP contribution in [0.1, 0.15) is 23.7 Å². The third-order valence-electron chi connectivity index (χ3n) is 4.34. The van der Waals surface area contributed by atoms with Gasteiger partial charge < -0.3 is 4.57 Å². The zero-order chi connectivity index (χ0) is 17.3. The lowest BCUT2D eigenvalue weighted by Crippen LogP contribution is -2.22. The van der Waals surface area contributed by atoms with E-state index in [-0.39, 0.29) is 17.4 Å². The largest absolute Gasteiger partial charge is 0.307 e. The van der Waals surface area contributed by atoms with Gasteiger partial charge in [0.05, 0.1) is 18.2 Å². The van der Waals surface area contributed by atoms with Crippen molar-refractivity contribution < 1.29 is 8.42 Å². The summed E-state index contributed by atoms with van der Waals surface area (Å²) in [4.78, 5) is 2.13. The Morgan fingerprint density at radius 1 is 1.33 bits per heavy atom. The second kappa shape index (κ2) is 6.78. The Morgan fingerprint density at radius 3 is 2.67 bits per heavy atom. The van der Waals surface area contributed by atoms with Crippen molar-refractivity contribution in [3.8, 4) is 0 Å². The summed E-state index contributed by atoms with van der Waals surface area (Å²) in [7, 11) is 0.947. The molecule has 0 amide bonds. The Balaban J connectivity index is 1.75. The predicted octanol–water partition coefficient (Wildman–Crippen LogP) is 1.94. The smallest absolute Gasteiger partial charge is 0.198 e. The molecule has 0 spiro atoms. The molecule has 1 aliphatic heterocycles. The summed E-state index contributed by atoms with van der Waals surface area (Å²) < 4.78 is 27.7. The molecular formula is C16H22N4O2S2. The molecule has 8 heteroatoms. The molecule has 0 unspecified atom stereocenters. The molecule has 1 saturated heterocycles. The quantitative estimate of drug-likeness (QED) is 0.757. The number of rotatable bonds is 5. The van der Waals surface area contributed by atoms with Crippen molar-refractivity contribution in [2.24, 2.45) is 7.05 Å². The molecule has 6 nitrogen and oxygen atoms in total. The molecule has 2 heterocycles. The Labute approximate surface area is 147 Å². The van der Waals surface area contributed by atoms with Gasteiger partial charge in [-0.1, -0.05) is 30.3 Å². The summed E-state index contributed by atoms with van der Waals surface area (Å²) in [5.41, 5.74) is 1.23. The topological polar surface area (TPSA) is 60.1 Å². The molecule has 130 valence electrons. The first-order valence-corrected chi connectivity index (χ1v) is 10.2. The van der Waals surface area contributed by atoms with Crippen LogP contribution in [0.15, 0.2) is 30.3 Å². The second-order valence-electron chi connectivity index (χ2n) is 6.44. The van der Waals surface area contributed by atoms with Gasteiger partial charge >= 0.3 is 0 Å². The van der Waals surface area contributed by atoms with E-state index in [0.717, 1.165) is 12.4 Å². The first-order valence-electron chi connectivity index (χ1n) is 7.92. The van der Waals surface area contributed by atoms with E-state index in [1.54, 1.807) is 4.68 Å². The second-order valence-corrected chi connectivity index (χ2v) is 9.03. The molecule has 0 radical (unpaired) electrons. The third kappa shape index (κ3) is 3.76. The SMILES string of the molecule is CN(Cc1ccccc1)Cn1nc([C@@H]2CCS(=O)(=O)C2)n(C)c1=S. The van der Waals surface area contributed by atoms with E-state index >= 15 is 0 Å². The van der Waals surface area contributed by atoms with Gasteiger partial charge in [-0.2, -0.15) is 5.10 Å². The Morgan fingerprint density at radius 2 is 2.04 bits per heavy atom. The fourth-order valence-electron chi connectivity index (χ4n) is 3.12. The van der Waals surface area contributed by atoms with Crippen LogP contribution < -0.4 is 0 Å². The lowest BCUT2D eigenvalue weighted by molar-refractivity contribution is 0.243. The highest BCUT2D eigenvalue weighted by Gasteiger charge is 2.32. The van der Waals surface area contributed by atoms with Gasteiger partial charge in [-0.05, 0) is 31.2 Å². The van der Waals surface area contributed by atoms with Crippen molar-refractivity contribution >= 4 is 22.1 Å². The van der Waals surface area contributed by atoms with Gasteiger partial charge in [0.25, 0.3) is 0 Å². The van der Waals surface area contributed by atoms with E-state index in [2.05, 4.69) is 22.1 Å². The van der Waals surface area contributed by atoms with E-state index in [1.165, 1.54) is 5.56 Å². The van der Waals surface area contributed by atoms with Crippen molar-refractivity contribution in [1.29, 1.82) is 0 Å². The number of sulfone groups is 1. The Kier molecular flexibility index (Phi) is 4.89. The molecule has 1 atom stereocenters. The van der Waals surface area contributed by atoms with Crippen LogP contribution in [0.3, 0.4) is 0 Å². The molecule has 1 aromatic carbocycles. The van der Waals surface area contributed by atoms with Crippen molar-refractivity contribution in [3.05, 3.63) is 46.5 Å². The summed E-state index contributed by atoms with van der Waals surface area (Å²) in [6, 6.07) is 10.2. The van der Waals surface area contributed by atoms with E-state index < -0.39 is 9.84 Å². The van der Waals surface area contributed by atoms with E-state index in [4.69, 9.17) is 12.2 Å². The lowest BCUT2D eigenvalue weighted by atomic mass is 10.1. The summed E-state index contributed by atoms with van der Waals surface area (Å²) >= 11 is 5.48. The van der Waals surface area contributed by atoms with Gasteiger partial charge in [0.2, 0.25) is 0 Å². The monoisotopic (exact) mass is 366 g/mol. The average molecular weight is 367 g/mol. The zero-order valence-electron chi connectivity index (χ0n) is 13.9. The molecule has 1 aliphatic rings. The van der Waals surface area contributed by atoms with Crippen LogP contribution in [0.4, 0.5) is 0 Å². The predicted molar refractivity (Wildman–Crippen MR) is 96.0 cm³/mol. The minimum atomic E-state index is -2.93. The summed E-state index contributed by atoms with van der Waals surface area (Å²) in [6.07, 6.45) is 0.627. The van der Waals surface area contributed by atoms with Crippen molar-refractivity contribution in [3.63, 3.8) is 0 Å². The number of aromatic nitrogens is 3. The standard InChI is InChI=1S/C16H22N4O2S2/c1-18(10-13-6-4-3-5-7-13)12-20-16(23)19(2)15(17-20)14-8-9-24(21,22)11-14/h3-7,14H,8-12H2,1-2H3/t14-/m1/s1. The first kappa shape index (κ1) is 17.3. The maximum atomic E-state index is 11.7. The molecule has 3 rings (SSSR count). The highest BCUT2D eigenvalue weighted by molar-refractivity contribution is 7.91. The van der Waals surface area contributed by atoms with Crippen LogP contribution in [0.5, 0.6) is 0 Å². The zero-order valence-corrected chi connectivity index (χ0v) is 15.6. The van der Waals surface area contributed by atoms with Crippen LogP contribution in [0.2, 0.25) is 0 Å². The van der Waals surface area contributed by atoms with Crippen LogP contribution in [0, 0.1) is 4.77 Å². The van der Waals surface area contributed by atoms with Crippen molar-refractivity contribution in [2.45, 2.75) is 25.6 Å². The molecule has 24 heavy (non-hydrogen) atoms. The molecule has 0 N–H and O–H groups in total. The lowest BCUT2D eigenvalue weighted by Gasteiger charge is -2.16. The molecule has 0 bridgehead atoms. The van der Waals surface area contributed by atoms with Gasteiger partial charge in [-0.3, -0.25) is 4.90 Å². The minimum absolute atomic E-state index is 0.0534. The van der Waals surface area contributed by atoms with Crippen LogP contribution >= 0.6 is 12.2 Å². The van der Waals surface area contributed by atoms with Crippen LogP contribution in [0.25, 0.3) is 0 Å². The maximum absolute atomic E-state index is 11.7. The van der Waals surface area contributed by atoms with E-state index in [1.807, 2.05) is 36.9 Å². The number of nitrogens with zero attached hydrogens (tertiary/aromatic N) is 4. The molecule has 0 saturated carbocycles. The normalized spacial score (nSPS) is 19.9. The van der Waals surface area contributed by atoms with Gasteiger partial charge in [0.1, 0.15) is 5.82 Å². The molecule has 1 fully saturated rings. The van der Waals surface area contributed by atoms with Gasteiger partial charge in [0, 0.05) is 19.5 Å². The summed E-state index contributed by atoms with van der Waals surface area (Å²) in [6.45, 7) is 1.37.